The molecule has 0 aliphatic carbocycles. The molecule has 9 heavy (non-hydrogen) atoms. The van der Waals surface area contributed by atoms with E-state index < -0.39 is 0 Å². The molecule has 1 saturated heterocycles. The van der Waals surface area contributed by atoms with Gasteiger partial charge in [-0.3, -0.25) is 0 Å². The van der Waals surface area contributed by atoms with Crippen molar-refractivity contribution in [2.75, 3.05) is 20.2 Å². The Hall–Kier alpha value is 0.210. The number of hydrogen-bond acceptors (Lipinski definition) is 2. The summed E-state index contributed by atoms with van der Waals surface area (Å²) in [4.78, 5) is 0. The van der Waals surface area contributed by atoms with Crippen LogP contribution in [0.1, 0.15) is 13.3 Å². The zero-order valence-electron chi connectivity index (χ0n) is 5.94. The van der Waals surface area contributed by atoms with E-state index in [4.69, 9.17) is 4.74 Å². The van der Waals surface area contributed by atoms with Gasteiger partial charge in [0.25, 0.3) is 0 Å². The molecule has 1 atom stereocenters. The molecule has 0 aromatic carbocycles. The van der Waals surface area contributed by atoms with Gasteiger partial charge < -0.3 is 10.1 Å². The molecule has 0 aromatic heterocycles. The molecule has 0 radical (unpaired) electrons. The van der Waals surface area contributed by atoms with Crippen LogP contribution in [0.3, 0.4) is 0 Å². The molecule has 0 aromatic rings. The highest BCUT2D eigenvalue weighted by molar-refractivity contribution is 5.85. The second-order valence-electron chi connectivity index (χ2n) is 2.58. The molecular formula is C6H14ClNO. The second-order valence-corrected chi connectivity index (χ2v) is 2.58. The average molecular weight is 152 g/mol. The fourth-order valence-electron chi connectivity index (χ4n) is 0.968. The van der Waals surface area contributed by atoms with Crippen molar-refractivity contribution >= 4 is 12.4 Å². The van der Waals surface area contributed by atoms with Gasteiger partial charge in [-0.15, -0.1) is 12.4 Å². The van der Waals surface area contributed by atoms with Crippen LogP contribution in [0.15, 0.2) is 0 Å². The average Bonchev–Trinajstić information content (AvgIpc) is 2.17. The largest absolute Gasteiger partial charge is 0.377 e. The van der Waals surface area contributed by atoms with Gasteiger partial charge in [0, 0.05) is 13.7 Å². The van der Waals surface area contributed by atoms with Gasteiger partial charge in [-0.2, -0.15) is 0 Å². The van der Waals surface area contributed by atoms with Gasteiger partial charge >= 0.3 is 0 Å². The van der Waals surface area contributed by atoms with Gasteiger partial charge in [-0.25, -0.2) is 0 Å². The van der Waals surface area contributed by atoms with Crippen LogP contribution in [0.5, 0.6) is 0 Å². The van der Waals surface area contributed by atoms with E-state index in [1.54, 1.807) is 7.11 Å². The molecule has 3 heteroatoms. The molecule has 1 fully saturated rings. The Morgan fingerprint density at radius 3 is 2.44 bits per heavy atom. The van der Waals surface area contributed by atoms with Crippen LogP contribution in [-0.4, -0.2) is 25.8 Å². The first-order valence-corrected chi connectivity index (χ1v) is 3.03. The van der Waals surface area contributed by atoms with Crippen LogP contribution >= 0.6 is 12.4 Å². The lowest BCUT2D eigenvalue weighted by molar-refractivity contribution is 0.0242. The van der Waals surface area contributed by atoms with Gasteiger partial charge in [0.05, 0.1) is 5.60 Å². The van der Waals surface area contributed by atoms with Crippen molar-refractivity contribution in [2.24, 2.45) is 0 Å². The summed E-state index contributed by atoms with van der Waals surface area (Å²) < 4.78 is 5.24. The van der Waals surface area contributed by atoms with Crippen LogP contribution in [0.4, 0.5) is 0 Å². The minimum absolute atomic E-state index is 0. The Bertz CT molecular complexity index is 81.1. The van der Waals surface area contributed by atoms with E-state index in [0.717, 1.165) is 19.5 Å². The first kappa shape index (κ1) is 9.21. The molecule has 1 unspecified atom stereocenters. The SMILES string of the molecule is COC1(C)CCNC1.Cl. The zero-order valence-corrected chi connectivity index (χ0v) is 6.75. The Kier molecular flexibility index (Phi) is 3.48. The summed E-state index contributed by atoms with van der Waals surface area (Å²) in [7, 11) is 1.77. The summed E-state index contributed by atoms with van der Waals surface area (Å²) in [5, 5.41) is 3.24. The maximum Gasteiger partial charge on any atom is 0.0786 e. The van der Waals surface area contributed by atoms with Crippen LogP contribution in [0.2, 0.25) is 0 Å². The molecule has 0 saturated carbocycles. The zero-order chi connectivity index (χ0) is 6.04. The van der Waals surface area contributed by atoms with E-state index in [1.165, 1.54) is 0 Å². The lowest BCUT2D eigenvalue weighted by Crippen LogP contribution is -2.29. The third-order valence-corrected chi connectivity index (χ3v) is 1.82. The van der Waals surface area contributed by atoms with E-state index in [-0.39, 0.29) is 18.0 Å². The molecule has 56 valence electrons. The van der Waals surface area contributed by atoms with Gasteiger partial charge in [-0.1, -0.05) is 0 Å². The molecule has 1 aliphatic heterocycles. The molecule has 0 bridgehead atoms. The number of nitrogens with one attached hydrogen (secondary N) is 1. The third kappa shape index (κ3) is 2.12. The van der Waals surface area contributed by atoms with Gasteiger partial charge in [-0.05, 0) is 19.9 Å². The Balaban J connectivity index is 0.000000640. The molecule has 1 heterocycles. The van der Waals surface area contributed by atoms with Crippen molar-refractivity contribution in [1.29, 1.82) is 0 Å². The molecular weight excluding hydrogens is 138 g/mol. The molecule has 1 aliphatic rings. The van der Waals surface area contributed by atoms with E-state index in [0.29, 0.717) is 0 Å². The Morgan fingerprint density at radius 2 is 2.22 bits per heavy atom. The van der Waals surface area contributed by atoms with Gasteiger partial charge in [0.15, 0.2) is 0 Å². The first-order valence-electron chi connectivity index (χ1n) is 3.03. The highest BCUT2D eigenvalue weighted by Gasteiger charge is 2.27. The Labute approximate surface area is 62.4 Å². The lowest BCUT2D eigenvalue weighted by Gasteiger charge is -2.19. The van der Waals surface area contributed by atoms with Crippen molar-refractivity contribution in [3.8, 4) is 0 Å². The molecule has 2 nitrogen and oxygen atoms in total. The third-order valence-electron chi connectivity index (χ3n) is 1.82. The predicted octanol–water partition coefficient (Wildman–Crippen LogP) is 0.807. The molecule has 1 rings (SSSR count). The van der Waals surface area contributed by atoms with Crippen LogP contribution in [-0.2, 0) is 4.74 Å². The second kappa shape index (κ2) is 3.40. The fraction of sp³-hybridized carbons (Fsp3) is 1.00. The van der Waals surface area contributed by atoms with Crippen molar-refractivity contribution in [1.82, 2.24) is 5.32 Å². The topological polar surface area (TPSA) is 21.3 Å². The van der Waals surface area contributed by atoms with Crippen molar-refractivity contribution in [3.63, 3.8) is 0 Å². The maximum absolute atomic E-state index is 5.24. The smallest absolute Gasteiger partial charge is 0.0786 e. The molecule has 0 amide bonds. The normalized spacial score (nSPS) is 34.0. The predicted molar refractivity (Wildman–Crippen MR) is 40.1 cm³/mol. The van der Waals surface area contributed by atoms with E-state index >= 15 is 0 Å². The fourth-order valence-corrected chi connectivity index (χ4v) is 0.968. The summed E-state index contributed by atoms with van der Waals surface area (Å²) in [6.45, 7) is 4.24. The maximum atomic E-state index is 5.24. The van der Waals surface area contributed by atoms with E-state index in [1.807, 2.05) is 0 Å². The minimum atomic E-state index is 0. The van der Waals surface area contributed by atoms with Crippen molar-refractivity contribution in [2.45, 2.75) is 18.9 Å². The molecule has 0 spiro atoms. The van der Waals surface area contributed by atoms with E-state index in [2.05, 4.69) is 12.2 Å². The summed E-state index contributed by atoms with van der Waals surface area (Å²) in [6, 6.07) is 0. The lowest BCUT2D eigenvalue weighted by atomic mass is 10.1. The summed E-state index contributed by atoms with van der Waals surface area (Å²) in [6.07, 6.45) is 1.14. The van der Waals surface area contributed by atoms with Crippen molar-refractivity contribution in [3.05, 3.63) is 0 Å². The standard InChI is InChI=1S/C6H13NO.ClH/c1-6(8-2)3-4-7-5-6;/h7H,3-5H2,1-2H3;1H. The Morgan fingerprint density at radius 1 is 1.56 bits per heavy atom. The quantitative estimate of drug-likeness (QED) is 0.599. The number of rotatable bonds is 1. The summed E-state index contributed by atoms with van der Waals surface area (Å²) >= 11 is 0. The number of hydrogen-bond donors (Lipinski definition) is 1. The number of methoxy groups -OCH3 is 1. The number of halogens is 1. The van der Waals surface area contributed by atoms with Crippen LogP contribution < -0.4 is 5.32 Å². The summed E-state index contributed by atoms with van der Waals surface area (Å²) in [5.74, 6) is 0. The van der Waals surface area contributed by atoms with Gasteiger partial charge in [0.2, 0.25) is 0 Å². The van der Waals surface area contributed by atoms with Crippen molar-refractivity contribution < 1.29 is 4.74 Å². The highest BCUT2D eigenvalue weighted by atomic mass is 35.5. The van der Waals surface area contributed by atoms with Gasteiger partial charge in [0.1, 0.15) is 0 Å². The van der Waals surface area contributed by atoms with Crippen LogP contribution in [0.25, 0.3) is 0 Å². The molecule has 1 N–H and O–H groups in total. The van der Waals surface area contributed by atoms with E-state index in [9.17, 15) is 0 Å². The minimum Gasteiger partial charge on any atom is -0.377 e. The monoisotopic (exact) mass is 151 g/mol. The highest BCUT2D eigenvalue weighted by Crippen LogP contribution is 2.16. The first-order chi connectivity index (χ1) is 3.77. The summed E-state index contributed by atoms with van der Waals surface area (Å²) in [5.41, 5.74) is 0.125. The van der Waals surface area contributed by atoms with Crippen LogP contribution in [0, 0.1) is 0 Å². The number of ether oxygens (including phenoxy) is 1.